The molecule has 0 aliphatic carbocycles. The highest BCUT2D eigenvalue weighted by Crippen LogP contribution is 2.31. The lowest BCUT2D eigenvalue weighted by Gasteiger charge is -2.32. The van der Waals surface area contributed by atoms with Gasteiger partial charge in [-0.15, -0.1) is 0 Å². The molecular formula is C9H17NO2. The zero-order chi connectivity index (χ0) is 9.19. The van der Waals surface area contributed by atoms with Crippen LogP contribution >= 0.6 is 0 Å². The number of carbonyl (C=O) groups excluding carboxylic acids is 1. The van der Waals surface area contributed by atoms with Crippen LogP contribution < -0.4 is 0 Å². The van der Waals surface area contributed by atoms with Crippen molar-refractivity contribution in [2.45, 2.75) is 38.6 Å². The molecule has 3 heteroatoms. The van der Waals surface area contributed by atoms with Crippen molar-refractivity contribution < 1.29 is 9.53 Å². The second kappa shape index (κ2) is 3.33. The average molecular weight is 171 g/mol. The van der Waals surface area contributed by atoms with E-state index in [1.807, 2.05) is 4.90 Å². The predicted octanol–water partition coefficient (Wildman–Crippen LogP) is 2.02. The van der Waals surface area contributed by atoms with E-state index in [9.17, 15) is 4.79 Å². The van der Waals surface area contributed by atoms with Crippen LogP contribution in [0.15, 0.2) is 0 Å². The fraction of sp³-hybridized carbons (Fsp3) is 0.889. The topological polar surface area (TPSA) is 29.5 Å². The number of ether oxygens (including phenoxy) is 1. The number of carbonyl (C=O) groups is 1. The molecule has 0 spiro atoms. The Morgan fingerprint density at radius 2 is 2.33 bits per heavy atom. The lowest BCUT2D eigenvalue weighted by Crippen LogP contribution is -2.44. The predicted molar refractivity (Wildman–Crippen MR) is 47.0 cm³/mol. The van der Waals surface area contributed by atoms with Crippen molar-refractivity contribution in [2.24, 2.45) is 0 Å². The van der Waals surface area contributed by atoms with Crippen LogP contribution in [0.2, 0.25) is 0 Å². The highest BCUT2D eigenvalue weighted by Gasteiger charge is 2.38. The summed E-state index contributed by atoms with van der Waals surface area (Å²) in [7, 11) is 1.44. The van der Waals surface area contributed by atoms with Crippen molar-refractivity contribution in [1.29, 1.82) is 0 Å². The van der Waals surface area contributed by atoms with Crippen molar-refractivity contribution in [3.8, 4) is 0 Å². The first-order valence-electron chi connectivity index (χ1n) is 4.49. The standard InChI is InChI=1S/C9H17NO2/c1-4-9(2)6-5-7-10(9)8(11)12-3/h4-7H2,1-3H3/t9-/m1/s1. The molecule has 1 fully saturated rings. The second-order valence-electron chi connectivity index (χ2n) is 3.58. The maximum Gasteiger partial charge on any atom is 0.409 e. The number of amides is 1. The minimum absolute atomic E-state index is 0.0348. The van der Waals surface area contributed by atoms with Gasteiger partial charge in [0.25, 0.3) is 0 Å². The van der Waals surface area contributed by atoms with Gasteiger partial charge in [0, 0.05) is 12.1 Å². The van der Waals surface area contributed by atoms with Gasteiger partial charge in [-0.05, 0) is 26.2 Å². The molecule has 0 aromatic rings. The Hall–Kier alpha value is -0.730. The van der Waals surface area contributed by atoms with Gasteiger partial charge >= 0.3 is 6.09 Å². The fourth-order valence-electron chi connectivity index (χ4n) is 1.81. The molecule has 0 aromatic heterocycles. The zero-order valence-electron chi connectivity index (χ0n) is 8.09. The molecule has 12 heavy (non-hydrogen) atoms. The summed E-state index contributed by atoms with van der Waals surface area (Å²) < 4.78 is 4.72. The largest absolute Gasteiger partial charge is 0.453 e. The van der Waals surface area contributed by atoms with Gasteiger partial charge < -0.3 is 9.64 Å². The molecule has 1 aliphatic rings. The Morgan fingerprint density at radius 1 is 1.67 bits per heavy atom. The molecular weight excluding hydrogens is 154 g/mol. The van der Waals surface area contributed by atoms with E-state index in [0.29, 0.717) is 0 Å². The highest BCUT2D eigenvalue weighted by molar-refractivity contribution is 5.68. The van der Waals surface area contributed by atoms with Crippen molar-refractivity contribution in [3.05, 3.63) is 0 Å². The molecule has 70 valence electrons. The van der Waals surface area contributed by atoms with E-state index in [0.717, 1.165) is 25.8 Å². The SMILES string of the molecule is CC[C@]1(C)CCCN1C(=O)OC. The summed E-state index contributed by atoms with van der Waals surface area (Å²) in [4.78, 5) is 13.1. The van der Waals surface area contributed by atoms with Gasteiger partial charge in [0.1, 0.15) is 0 Å². The third-order valence-electron chi connectivity index (χ3n) is 2.91. The third-order valence-corrected chi connectivity index (χ3v) is 2.91. The van der Waals surface area contributed by atoms with Gasteiger partial charge in [-0.2, -0.15) is 0 Å². The third kappa shape index (κ3) is 1.40. The van der Waals surface area contributed by atoms with Gasteiger partial charge in [-0.1, -0.05) is 6.92 Å². The number of methoxy groups -OCH3 is 1. The van der Waals surface area contributed by atoms with E-state index < -0.39 is 0 Å². The minimum atomic E-state index is -0.183. The van der Waals surface area contributed by atoms with Crippen LogP contribution in [0, 0.1) is 0 Å². The number of rotatable bonds is 1. The summed E-state index contributed by atoms with van der Waals surface area (Å²) in [6, 6.07) is 0. The van der Waals surface area contributed by atoms with E-state index in [4.69, 9.17) is 4.74 Å². The molecule has 1 aliphatic heterocycles. The first-order chi connectivity index (χ1) is 5.64. The maximum atomic E-state index is 11.3. The molecule has 3 nitrogen and oxygen atoms in total. The Balaban J connectivity index is 2.69. The fourth-order valence-corrected chi connectivity index (χ4v) is 1.81. The van der Waals surface area contributed by atoms with Crippen LogP contribution in [0.4, 0.5) is 4.79 Å². The van der Waals surface area contributed by atoms with Crippen LogP contribution in [-0.2, 0) is 4.74 Å². The molecule has 1 rings (SSSR count). The lowest BCUT2D eigenvalue weighted by molar-refractivity contribution is 0.0906. The highest BCUT2D eigenvalue weighted by atomic mass is 16.5. The van der Waals surface area contributed by atoms with E-state index >= 15 is 0 Å². The zero-order valence-corrected chi connectivity index (χ0v) is 8.09. The van der Waals surface area contributed by atoms with Crippen LogP contribution in [0.5, 0.6) is 0 Å². The molecule has 0 saturated carbocycles. The Bertz CT molecular complexity index is 181. The van der Waals surface area contributed by atoms with Crippen molar-refractivity contribution in [2.75, 3.05) is 13.7 Å². The smallest absolute Gasteiger partial charge is 0.409 e. The van der Waals surface area contributed by atoms with E-state index in [1.165, 1.54) is 7.11 Å². The van der Waals surface area contributed by atoms with Crippen molar-refractivity contribution >= 4 is 6.09 Å². The molecule has 0 radical (unpaired) electrons. The van der Waals surface area contributed by atoms with Crippen LogP contribution in [0.25, 0.3) is 0 Å². The summed E-state index contributed by atoms with van der Waals surface area (Å²) in [5, 5.41) is 0. The number of nitrogens with zero attached hydrogens (tertiary/aromatic N) is 1. The van der Waals surface area contributed by atoms with E-state index in [2.05, 4.69) is 13.8 Å². The molecule has 1 atom stereocenters. The van der Waals surface area contributed by atoms with Gasteiger partial charge in [0.05, 0.1) is 7.11 Å². The molecule has 1 saturated heterocycles. The van der Waals surface area contributed by atoms with E-state index in [1.54, 1.807) is 0 Å². The molecule has 0 unspecified atom stereocenters. The first kappa shape index (κ1) is 9.36. The summed E-state index contributed by atoms with van der Waals surface area (Å²) in [6.45, 7) is 5.08. The van der Waals surface area contributed by atoms with Crippen molar-refractivity contribution in [3.63, 3.8) is 0 Å². The monoisotopic (exact) mass is 171 g/mol. The van der Waals surface area contributed by atoms with Crippen LogP contribution in [-0.4, -0.2) is 30.2 Å². The molecule has 1 amide bonds. The molecule has 0 aromatic carbocycles. The number of hydrogen-bond acceptors (Lipinski definition) is 2. The minimum Gasteiger partial charge on any atom is -0.453 e. The molecule has 1 heterocycles. The quantitative estimate of drug-likeness (QED) is 0.604. The van der Waals surface area contributed by atoms with Crippen molar-refractivity contribution in [1.82, 2.24) is 4.90 Å². The molecule has 0 N–H and O–H groups in total. The van der Waals surface area contributed by atoms with Crippen LogP contribution in [0.1, 0.15) is 33.1 Å². The average Bonchev–Trinajstić information content (AvgIpc) is 2.47. The Kier molecular flexibility index (Phi) is 2.60. The second-order valence-corrected chi connectivity index (χ2v) is 3.58. The maximum absolute atomic E-state index is 11.3. The number of hydrogen-bond donors (Lipinski definition) is 0. The van der Waals surface area contributed by atoms with Gasteiger partial charge in [0.15, 0.2) is 0 Å². The van der Waals surface area contributed by atoms with Gasteiger partial charge in [0.2, 0.25) is 0 Å². The Labute approximate surface area is 73.7 Å². The summed E-state index contributed by atoms with van der Waals surface area (Å²) in [5.41, 5.74) is 0.0348. The summed E-state index contributed by atoms with van der Waals surface area (Å²) in [5.74, 6) is 0. The first-order valence-corrected chi connectivity index (χ1v) is 4.49. The van der Waals surface area contributed by atoms with Gasteiger partial charge in [-0.3, -0.25) is 0 Å². The summed E-state index contributed by atoms with van der Waals surface area (Å²) in [6.07, 6.45) is 3.01. The van der Waals surface area contributed by atoms with Crippen LogP contribution in [0.3, 0.4) is 0 Å². The van der Waals surface area contributed by atoms with E-state index in [-0.39, 0.29) is 11.6 Å². The van der Waals surface area contributed by atoms with Gasteiger partial charge in [-0.25, -0.2) is 4.79 Å². The summed E-state index contributed by atoms with van der Waals surface area (Å²) >= 11 is 0. The lowest BCUT2D eigenvalue weighted by atomic mass is 9.96. The number of likely N-dealkylation sites (tertiary alicyclic amines) is 1. The Morgan fingerprint density at radius 3 is 2.83 bits per heavy atom. The molecule has 0 bridgehead atoms. The normalized spacial score (nSPS) is 29.1.